The molecule has 0 bridgehead atoms. The van der Waals surface area contributed by atoms with Crippen molar-refractivity contribution in [2.75, 3.05) is 20.6 Å². The maximum Gasteiger partial charge on any atom is 0.322 e. The van der Waals surface area contributed by atoms with E-state index < -0.39 is 12.0 Å². The first-order valence-electron chi connectivity index (χ1n) is 9.35. The van der Waals surface area contributed by atoms with Gasteiger partial charge in [-0.1, -0.05) is 31.7 Å². The quantitative estimate of drug-likeness (QED) is 0.430. The first kappa shape index (κ1) is 23.1. The lowest BCUT2D eigenvalue weighted by molar-refractivity contribution is -0.139. The van der Waals surface area contributed by atoms with Crippen molar-refractivity contribution in [2.24, 2.45) is 0 Å². The smallest absolute Gasteiger partial charge is 0.322 e. The van der Waals surface area contributed by atoms with Gasteiger partial charge in [-0.15, -0.1) is 0 Å². The molecule has 1 aromatic heterocycles. The molecular weight excluding hydrogens is 382 g/mol. The topological polar surface area (TPSA) is 110 Å². The van der Waals surface area contributed by atoms with Gasteiger partial charge >= 0.3 is 5.97 Å². The minimum atomic E-state index is -1.00. The lowest BCUT2D eigenvalue weighted by Gasteiger charge is -2.15. The second-order valence-corrected chi connectivity index (χ2v) is 6.96. The number of aromatic amines is 1. The molecule has 0 fully saturated rings. The second-order valence-electron chi connectivity index (χ2n) is 6.96. The Labute approximate surface area is 176 Å². The molecule has 1 atom stereocenters. The van der Waals surface area contributed by atoms with Gasteiger partial charge in [0, 0.05) is 18.7 Å². The fraction of sp³-hybridized carbons (Fsp3) is 0.318. The van der Waals surface area contributed by atoms with Crippen molar-refractivity contribution in [1.29, 1.82) is 0 Å². The van der Waals surface area contributed by atoms with E-state index in [4.69, 9.17) is 5.11 Å². The van der Waals surface area contributed by atoms with Crippen LogP contribution in [-0.4, -0.2) is 58.5 Å². The van der Waals surface area contributed by atoms with E-state index in [0.717, 1.165) is 22.4 Å². The molecule has 30 heavy (non-hydrogen) atoms. The van der Waals surface area contributed by atoms with Crippen LogP contribution in [0.2, 0.25) is 0 Å². The number of aromatic nitrogens is 2. The summed E-state index contributed by atoms with van der Waals surface area (Å²) in [4.78, 5) is 33.2. The molecule has 4 N–H and O–H groups in total. The van der Waals surface area contributed by atoms with E-state index in [0.29, 0.717) is 18.7 Å². The van der Waals surface area contributed by atoms with Gasteiger partial charge in [-0.3, -0.25) is 14.5 Å². The van der Waals surface area contributed by atoms with Gasteiger partial charge in [0.2, 0.25) is 0 Å². The molecule has 0 aliphatic carbocycles. The number of carboxylic acid groups (broad SMARTS) is 1. The molecule has 1 unspecified atom stereocenters. The number of imidazole rings is 1. The summed E-state index contributed by atoms with van der Waals surface area (Å²) in [6, 6.07) is 14.4. The number of aliphatic carboxylic acids is 1. The highest BCUT2D eigenvalue weighted by Gasteiger charge is 2.16. The lowest BCUT2D eigenvalue weighted by atomic mass is 10.1. The van der Waals surface area contributed by atoms with Gasteiger partial charge in [0.25, 0.3) is 5.91 Å². The number of benzene rings is 2. The zero-order chi connectivity index (χ0) is 20.8. The monoisotopic (exact) mass is 411 g/mol. The van der Waals surface area contributed by atoms with Crippen LogP contribution in [0.5, 0.6) is 0 Å². The average Bonchev–Trinajstić information content (AvgIpc) is 3.10. The van der Waals surface area contributed by atoms with Crippen molar-refractivity contribution in [3.05, 3.63) is 65.5 Å². The summed E-state index contributed by atoms with van der Waals surface area (Å²) >= 11 is 0. The van der Waals surface area contributed by atoms with Gasteiger partial charge in [0.15, 0.2) is 0 Å². The van der Waals surface area contributed by atoms with Crippen molar-refractivity contribution in [2.45, 2.75) is 26.6 Å². The Balaban J connectivity index is 0.00000320. The Bertz CT molecular complexity index is 951. The number of hydrogen-bond donors (Lipinski definition) is 4. The zero-order valence-electron chi connectivity index (χ0n) is 16.5. The van der Waals surface area contributed by atoms with Crippen LogP contribution in [0.25, 0.3) is 11.0 Å². The van der Waals surface area contributed by atoms with Crippen LogP contribution in [0.1, 0.15) is 29.2 Å². The minimum Gasteiger partial charge on any atom is -0.480 e. The number of para-hydroxylation sites is 2. The highest BCUT2D eigenvalue weighted by molar-refractivity contribution is 5.94. The number of carbonyl (C=O) groups excluding carboxylic acids is 1. The molecule has 1 heterocycles. The predicted octanol–water partition coefficient (Wildman–Crippen LogP) is 2.23. The SMILES string of the molecule is C.CNC(CNC(=O)c1ccc(CN(C)Cc2nc3ccccc3[nH]2)cc1)C(=O)O. The Morgan fingerprint density at radius 1 is 1.13 bits per heavy atom. The highest BCUT2D eigenvalue weighted by Crippen LogP contribution is 2.13. The van der Waals surface area contributed by atoms with Gasteiger partial charge < -0.3 is 20.7 Å². The number of nitrogens with one attached hydrogen (secondary N) is 3. The number of carboxylic acids is 1. The van der Waals surface area contributed by atoms with Crippen LogP contribution >= 0.6 is 0 Å². The van der Waals surface area contributed by atoms with Crippen LogP contribution in [0, 0.1) is 0 Å². The van der Waals surface area contributed by atoms with Crippen LogP contribution in [0.4, 0.5) is 0 Å². The Morgan fingerprint density at radius 3 is 2.47 bits per heavy atom. The van der Waals surface area contributed by atoms with Gasteiger partial charge in [0.1, 0.15) is 11.9 Å². The van der Waals surface area contributed by atoms with Gasteiger partial charge in [0.05, 0.1) is 17.6 Å². The highest BCUT2D eigenvalue weighted by atomic mass is 16.4. The molecule has 0 saturated carbocycles. The number of H-pyrrole nitrogens is 1. The van der Waals surface area contributed by atoms with Crippen LogP contribution in [-0.2, 0) is 17.9 Å². The molecule has 3 rings (SSSR count). The first-order chi connectivity index (χ1) is 14.0. The van der Waals surface area contributed by atoms with Crippen molar-refractivity contribution in [1.82, 2.24) is 25.5 Å². The zero-order valence-corrected chi connectivity index (χ0v) is 16.5. The minimum absolute atomic E-state index is 0. The Kier molecular flexibility index (Phi) is 8.08. The van der Waals surface area contributed by atoms with E-state index in [2.05, 4.69) is 25.5 Å². The molecule has 2 aromatic carbocycles. The van der Waals surface area contributed by atoms with Crippen LogP contribution in [0.15, 0.2) is 48.5 Å². The van der Waals surface area contributed by atoms with Gasteiger partial charge in [-0.25, -0.2) is 4.98 Å². The second kappa shape index (κ2) is 10.5. The number of rotatable bonds is 9. The van der Waals surface area contributed by atoms with E-state index in [-0.39, 0.29) is 19.9 Å². The molecule has 0 radical (unpaired) electrons. The van der Waals surface area contributed by atoms with E-state index in [1.54, 1.807) is 19.2 Å². The summed E-state index contributed by atoms with van der Waals surface area (Å²) in [6.07, 6.45) is 0. The summed E-state index contributed by atoms with van der Waals surface area (Å²) in [6.45, 7) is 1.41. The van der Waals surface area contributed by atoms with E-state index in [1.165, 1.54) is 0 Å². The summed E-state index contributed by atoms with van der Waals surface area (Å²) < 4.78 is 0. The third kappa shape index (κ3) is 5.88. The van der Waals surface area contributed by atoms with Crippen molar-refractivity contribution >= 4 is 22.9 Å². The largest absolute Gasteiger partial charge is 0.480 e. The lowest BCUT2D eigenvalue weighted by Crippen LogP contribution is -2.44. The number of carbonyl (C=O) groups is 2. The van der Waals surface area contributed by atoms with Gasteiger partial charge in [-0.05, 0) is 43.9 Å². The summed E-state index contributed by atoms with van der Waals surface area (Å²) in [5.74, 6) is -0.397. The number of fused-ring (bicyclic) bond motifs is 1. The number of amides is 1. The fourth-order valence-electron chi connectivity index (χ4n) is 3.07. The Morgan fingerprint density at radius 2 is 1.83 bits per heavy atom. The molecule has 0 aliphatic heterocycles. The molecule has 8 nitrogen and oxygen atoms in total. The summed E-state index contributed by atoms with van der Waals surface area (Å²) in [7, 11) is 3.55. The molecule has 1 amide bonds. The maximum atomic E-state index is 12.2. The molecule has 160 valence electrons. The molecule has 0 aliphatic rings. The molecule has 3 aromatic rings. The van der Waals surface area contributed by atoms with Crippen molar-refractivity contribution in [3.8, 4) is 0 Å². The predicted molar refractivity (Wildman–Crippen MR) is 117 cm³/mol. The van der Waals surface area contributed by atoms with Crippen molar-refractivity contribution < 1.29 is 14.7 Å². The third-order valence-electron chi connectivity index (χ3n) is 4.64. The molecule has 0 spiro atoms. The average molecular weight is 412 g/mol. The molecule has 0 saturated heterocycles. The third-order valence-corrected chi connectivity index (χ3v) is 4.64. The van der Waals surface area contributed by atoms with Gasteiger partial charge in [-0.2, -0.15) is 0 Å². The number of likely N-dealkylation sites (N-methyl/N-ethyl adjacent to an activating group) is 1. The number of hydrogen-bond acceptors (Lipinski definition) is 5. The van der Waals surface area contributed by atoms with E-state index in [1.807, 2.05) is 43.4 Å². The van der Waals surface area contributed by atoms with E-state index in [9.17, 15) is 9.59 Å². The summed E-state index contributed by atoms with van der Waals surface area (Å²) in [5, 5.41) is 14.3. The normalized spacial score (nSPS) is 11.8. The maximum absolute atomic E-state index is 12.2. The number of nitrogens with zero attached hydrogens (tertiary/aromatic N) is 2. The molecule has 8 heteroatoms. The standard InChI is InChI=1S/C21H25N5O3.CH4/c1-22-18(21(28)29)11-23-20(27)15-9-7-14(8-10-15)12-26(2)13-19-24-16-5-3-4-6-17(16)25-19;/h3-10,18,22H,11-13H2,1-2H3,(H,23,27)(H,24,25)(H,28,29);1H4. The van der Waals surface area contributed by atoms with Crippen LogP contribution < -0.4 is 10.6 Å². The van der Waals surface area contributed by atoms with E-state index >= 15 is 0 Å². The van der Waals surface area contributed by atoms with Crippen molar-refractivity contribution in [3.63, 3.8) is 0 Å². The summed E-state index contributed by atoms with van der Waals surface area (Å²) in [5.41, 5.74) is 3.54. The van der Waals surface area contributed by atoms with Crippen LogP contribution in [0.3, 0.4) is 0 Å². The fourth-order valence-corrected chi connectivity index (χ4v) is 3.07. The Hall–Kier alpha value is -3.23. The molecular formula is C22H29N5O3. The first-order valence-corrected chi connectivity index (χ1v) is 9.35.